The van der Waals surface area contributed by atoms with Gasteiger partial charge in [-0.1, -0.05) is 6.07 Å². The number of anilines is 1. The Kier molecular flexibility index (Phi) is 4.12. The summed E-state index contributed by atoms with van der Waals surface area (Å²) in [6.45, 7) is -3.01. The molecule has 6 nitrogen and oxygen atoms in total. The Morgan fingerprint density at radius 1 is 1.38 bits per heavy atom. The zero-order valence-electron chi connectivity index (χ0n) is 11.3. The predicted octanol–water partition coefficient (Wildman–Crippen LogP) is 1.85. The summed E-state index contributed by atoms with van der Waals surface area (Å²) in [5, 5.41) is 3.89. The fourth-order valence-corrected chi connectivity index (χ4v) is 2.88. The van der Waals surface area contributed by atoms with Gasteiger partial charge in [0.15, 0.2) is 0 Å². The van der Waals surface area contributed by atoms with Gasteiger partial charge in [-0.25, -0.2) is 8.42 Å². The molecule has 1 aromatic carbocycles. The minimum Gasteiger partial charge on any atom is -0.435 e. The van der Waals surface area contributed by atoms with Crippen molar-refractivity contribution in [2.75, 3.05) is 11.4 Å². The van der Waals surface area contributed by atoms with Crippen LogP contribution in [0, 0.1) is 0 Å². The van der Waals surface area contributed by atoms with Crippen LogP contribution >= 0.6 is 0 Å². The van der Waals surface area contributed by atoms with E-state index in [0.717, 1.165) is 10.4 Å². The van der Waals surface area contributed by atoms with Crippen molar-refractivity contribution in [1.82, 2.24) is 9.78 Å². The van der Waals surface area contributed by atoms with Gasteiger partial charge in [-0.05, 0) is 12.1 Å². The molecule has 0 bridgehead atoms. The van der Waals surface area contributed by atoms with Crippen LogP contribution in [0.4, 0.5) is 14.5 Å². The lowest BCUT2D eigenvalue weighted by molar-refractivity contribution is -0.0499. The number of nitrogens with zero attached hydrogens (tertiary/aromatic N) is 3. The van der Waals surface area contributed by atoms with Crippen molar-refractivity contribution in [2.24, 2.45) is 7.05 Å². The predicted molar refractivity (Wildman–Crippen MR) is 71.9 cm³/mol. The summed E-state index contributed by atoms with van der Waals surface area (Å²) in [5.74, 6) is -0.217. The van der Waals surface area contributed by atoms with Gasteiger partial charge in [0, 0.05) is 26.4 Å². The summed E-state index contributed by atoms with van der Waals surface area (Å²) < 4.78 is 55.9. The second-order valence-corrected chi connectivity index (χ2v) is 6.17. The number of hydrogen-bond acceptors (Lipinski definition) is 4. The highest BCUT2D eigenvalue weighted by Crippen LogP contribution is 2.24. The number of alkyl halides is 2. The molecular weight excluding hydrogens is 304 g/mol. The average Bonchev–Trinajstić information content (AvgIpc) is 2.84. The Morgan fingerprint density at radius 2 is 2.10 bits per heavy atom. The van der Waals surface area contributed by atoms with E-state index < -0.39 is 16.6 Å². The van der Waals surface area contributed by atoms with Gasteiger partial charge in [0.25, 0.3) is 10.0 Å². The largest absolute Gasteiger partial charge is 0.435 e. The maximum atomic E-state index is 12.4. The Hall–Kier alpha value is -2.16. The van der Waals surface area contributed by atoms with Crippen LogP contribution in [0.25, 0.3) is 0 Å². The summed E-state index contributed by atoms with van der Waals surface area (Å²) >= 11 is 0. The molecule has 0 amide bonds. The van der Waals surface area contributed by atoms with E-state index >= 15 is 0 Å². The van der Waals surface area contributed by atoms with E-state index in [-0.39, 0.29) is 10.6 Å². The molecule has 0 unspecified atom stereocenters. The SMILES string of the molecule is CN(c1cnn(C)c1)S(=O)(=O)c1cccc(OC(F)F)c1. The Labute approximate surface area is 120 Å². The third-order valence-corrected chi connectivity index (χ3v) is 4.53. The zero-order chi connectivity index (χ0) is 15.6. The number of benzene rings is 1. The van der Waals surface area contributed by atoms with Crippen molar-refractivity contribution in [2.45, 2.75) is 11.5 Å². The molecule has 9 heteroatoms. The molecule has 0 saturated carbocycles. The summed E-state index contributed by atoms with van der Waals surface area (Å²) in [4.78, 5) is -0.146. The normalized spacial score (nSPS) is 11.7. The molecule has 1 heterocycles. The fraction of sp³-hybridized carbons (Fsp3) is 0.250. The molecule has 114 valence electrons. The number of aryl methyl sites for hydroxylation is 1. The van der Waals surface area contributed by atoms with E-state index in [9.17, 15) is 17.2 Å². The van der Waals surface area contributed by atoms with Crippen molar-refractivity contribution in [3.05, 3.63) is 36.7 Å². The minimum atomic E-state index is -3.88. The van der Waals surface area contributed by atoms with Gasteiger partial charge in [-0.2, -0.15) is 13.9 Å². The summed E-state index contributed by atoms with van der Waals surface area (Å²) in [6, 6.07) is 4.95. The molecule has 0 fully saturated rings. The van der Waals surface area contributed by atoms with Gasteiger partial charge in [0.1, 0.15) is 5.75 Å². The molecule has 0 saturated heterocycles. The second-order valence-electron chi connectivity index (χ2n) is 4.20. The molecule has 2 aromatic rings. The van der Waals surface area contributed by atoms with E-state index in [1.807, 2.05) is 0 Å². The first-order valence-corrected chi connectivity index (χ1v) is 7.27. The van der Waals surface area contributed by atoms with Crippen molar-refractivity contribution >= 4 is 15.7 Å². The third-order valence-electron chi connectivity index (χ3n) is 2.74. The molecule has 0 atom stereocenters. The van der Waals surface area contributed by atoms with Gasteiger partial charge >= 0.3 is 6.61 Å². The van der Waals surface area contributed by atoms with Crippen molar-refractivity contribution in [3.8, 4) is 5.75 Å². The number of aromatic nitrogens is 2. The number of ether oxygens (including phenoxy) is 1. The van der Waals surface area contributed by atoms with Crippen LogP contribution in [0.5, 0.6) is 5.75 Å². The molecule has 21 heavy (non-hydrogen) atoms. The summed E-state index contributed by atoms with van der Waals surface area (Å²) in [5.41, 5.74) is 0.359. The van der Waals surface area contributed by atoms with E-state index in [1.165, 1.54) is 42.3 Å². The first-order chi connectivity index (χ1) is 9.80. The maximum absolute atomic E-state index is 12.4. The Bertz CT molecular complexity index is 731. The molecule has 0 aliphatic carbocycles. The fourth-order valence-electron chi connectivity index (χ4n) is 1.68. The lowest BCUT2D eigenvalue weighted by Gasteiger charge is -2.17. The van der Waals surface area contributed by atoms with Crippen LogP contribution in [0.1, 0.15) is 0 Å². The highest BCUT2D eigenvalue weighted by Gasteiger charge is 2.23. The van der Waals surface area contributed by atoms with Crippen molar-refractivity contribution < 1.29 is 21.9 Å². The summed E-state index contributed by atoms with van der Waals surface area (Å²) in [7, 11) is -0.874. The molecule has 0 aliphatic heterocycles. The number of halogens is 2. The number of hydrogen-bond donors (Lipinski definition) is 0. The highest BCUT2D eigenvalue weighted by molar-refractivity contribution is 7.92. The highest BCUT2D eigenvalue weighted by atomic mass is 32.2. The monoisotopic (exact) mass is 317 g/mol. The minimum absolute atomic E-state index is 0.146. The molecule has 0 spiro atoms. The zero-order valence-corrected chi connectivity index (χ0v) is 12.1. The molecule has 0 radical (unpaired) electrons. The number of rotatable bonds is 5. The maximum Gasteiger partial charge on any atom is 0.387 e. The lowest BCUT2D eigenvalue weighted by atomic mass is 10.3. The first-order valence-electron chi connectivity index (χ1n) is 5.83. The average molecular weight is 317 g/mol. The Morgan fingerprint density at radius 3 is 2.67 bits per heavy atom. The van der Waals surface area contributed by atoms with Gasteiger partial charge in [-0.15, -0.1) is 0 Å². The van der Waals surface area contributed by atoms with Crippen LogP contribution in [-0.4, -0.2) is 31.9 Å². The van der Waals surface area contributed by atoms with Crippen LogP contribution in [0.15, 0.2) is 41.6 Å². The standard InChI is InChI=1S/C12H13F2N3O3S/c1-16-8-9(7-15-16)17(2)21(18,19)11-5-3-4-10(6-11)20-12(13)14/h3-8,12H,1-2H3. The van der Waals surface area contributed by atoms with Crippen molar-refractivity contribution in [3.63, 3.8) is 0 Å². The van der Waals surface area contributed by atoms with Crippen molar-refractivity contribution in [1.29, 1.82) is 0 Å². The van der Waals surface area contributed by atoms with Crippen LogP contribution in [0.2, 0.25) is 0 Å². The molecule has 0 N–H and O–H groups in total. The van der Waals surface area contributed by atoms with Gasteiger partial charge < -0.3 is 4.74 Å². The van der Waals surface area contributed by atoms with Crippen LogP contribution in [-0.2, 0) is 17.1 Å². The Balaban J connectivity index is 2.35. The van der Waals surface area contributed by atoms with Crippen LogP contribution in [0.3, 0.4) is 0 Å². The van der Waals surface area contributed by atoms with Crippen LogP contribution < -0.4 is 9.04 Å². The smallest absolute Gasteiger partial charge is 0.387 e. The van der Waals surface area contributed by atoms with Gasteiger partial charge in [0.2, 0.25) is 0 Å². The van der Waals surface area contributed by atoms with E-state index in [4.69, 9.17) is 0 Å². The van der Waals surface area contributed by atoms with E-state index in [2.05, 4.69) is 9.84 Å². The molecule has 1 aromatic heterocycles. The lowest BCUT2D eigenvalue weighted by Crippen LogP contribution is -2.26. The second kappa shape index (κ2) is 5.68. The topological polar surface area (TPSA) is 64.4 Å². The quantitative estimate of drug-likeness (QED) is 0.844. The van der Waals surface area contributed by atoms with E-state index in [1.54, 1.807) is 7.05 Å². The molecule has 2 rings (SSSR count). The van der Waals surface area contributed by atoms with E-state index in [0.29, 0.717) is 5.69 Å². The summed E-state index contributed by atoms with van der Waals surface area (Å²) in [6.07, 6.45) is 2.91. The van der Waals surface area contributed by atoms with Gasteiger partial charge in [-0.3, -0.25) is 8.99 Å². The number of sulfonamides is 1. The molecule has 0 aliphatic rings. The molecular formula is C12H13F2N3O3S. The first kappa shape index (κ1) is 15.2. The third kappa shape index (κ3) is 3.30. The van der Waals surface area contributed by atoms with Gasteiger partial charge in [0.05, 0.1) is 16.8 Å².